The van der Waals surface area contributed by atoms with Crippen LogP contribution in [0.25, 0.3) is 10.8 Å². The highest BCUT2D eigenvalue weighted by atomic mass is 16.5. The van der Waals surface area contributed by atoms with Crippen molar-refractivity contribution in [2.24, 2.45) is 11.7 Å². The van der Waals surface area contributed by atoms with Crippen LogP contribution in [0.2, 0.25) is 0 Å². The number of nitrogens with one attached hydrogen (secondary N) is 1. The van der Waals surface area contributed by atoms with Gasteiger partial charge in [-0.1, -0.05) is 54.6 Å². The molecule has 0 saturated carbocycles. The number of nitrogens with two attached hydrogens (primary N) is 1. The number of fused-ring (bicyclic) bond motifs is 1. The van der Waals surface area contributed by atoms with Gasteiger partial charge in [0.2, 0.25) is 5.91 Å². The van der Waals surface area contributed by atoms with Crippen LogP contribution in [0.1, 0.15) is 59.7 Å². The van der Waals surface area contributed by atoms with Gasteiger partial charge in [0.1, 0.15) is 0 Å². The third-order valence-electron chi connectivity index (χ3n) is 6.90. The van der Waals surface area contributed by atoms with E-state index in [1.54, 1.807) is 42.5 Å². The maximum absolute atomic E-state index is 13.8. The number of aliphatic hydroxyl groups is 1. The summed E-state index contributed by atoms with van der Waals surface area (Å²) in [7, 11) is 1.27. The number of benzene rings is 3. The van der Waals surface area contributed by atoms with E-state index in [1.165, 1.54) is 7.11 Å². The molecule has 10 nitrogen and oxygen atoms in total. The van der Waals surface area contributed by atoms with E-state index in [1.807, 2.05) is 24.3 Å². The molecule has 5 N–H and O–H groups in total. The van der Waals surface area contributed by atoms with E-state index in [-0.39, 0.29) is 37.7 Å². The number of primary amides is 1. The predicted molar refractivity (Wildman–Crippen MR) is 151 cm³/mol. The molecule has 10 heteroatoms. The van der Waals surface area contributed by atoms with Crippen LogP contribution < -0.4 is 11.1 Å². The highest BCUT2D eigenvalue weighted by Gasteiger charge is 2.35. The van der Waals surface area contributed by atoms with Crippen molar-refractivity contribution >= 4 is 40.3 Å². The van der Waals surface area contributed by atoms with Crippen molar-refractivity contribution in [3.63, 3.8) is 0 Å². The largest absolute Gasteiger partial charge is 0.481 e. The third kappa shape index (κ3) is 8.71. The number of aliphatic hydroxyl groups excluding tert-OH is 1. The molecule has 3 atom stereocenters. The molecule has 0 heterocycles. The third-order valence-corrected chi connectivity index (χ3v) is 6.90. The number of carboxylic acids is 1. The predicted octanol–water partition coefficient (Wildman–Crippen LogP) is 3.09. The van der Waals surface area contributed by atoms with Gasteiger partial charge < -0.3 is 26.0 Å². The van der Waals surface area contributed by atoms with Crippen LogP contribution in [-0.4, -0.2) is 52.9 Å². The lowest BCUT2D eigenvalue weighted by Gasteiger charge is -2.27. The number of methoxy groups -OCH3 is 1. The number of Topliss-reactive ketones (excluding diaryl/α,β-unsaturated/α-hetero) is 1. The molecule has 3 aromatic rings. The molecule has 0 radical (unpaired) electrons. The Morgan fingerprint density at radius 1 is 0.927 bits per heavy atom. The SMILES string of the molecule is COC(=O)CCc1ccccc1C(=O)N[C@@H](CCCC(=O)O)C(=O)[C@@H](CC(N)=O)C(O)c1ccc2ccccc2c1. The smallest absolute Gasteiger partial charge is 0.305 e. The summed E-state index contributed by atoms with van der Waals surface area (Å²) in [6.45, 7) is 0. The Hall–Kier alpha value is -4.57. The molecule has 3 rings (SSSR count). The van der Waals surface area contributed by atoms with E-state index in [4.69, 9.17) is 10.8 Å². The topological polar surface area (TPSA) is 173 Å². The Labute approximate surface area is 237 Å². The van der Waals surface area contributed by atoms with Gasteiger partial charge in [0, 0.05) is 24.8 Å². The minimum Gasteiger partial charge on any atom is -0.481 e. The fraction of sp³-hybridized carbons (Fsp3) is 0.323. The Kier molecular flexibility index (Phi) is 11.1. The summed E-state index contributed by atoms with van der Waals surface area (Å²) in [6, 6.07) is 18.0. The summed E-state index contributed by atoms with van der Waals surface area (Å²) in [4.78, 5) is 62.0. The second-order valence-corrected chi connectivity index (χ2v) is 9.78. The van der Waals surface area contributed by atoms with Gasteiger partial charge in [0.15, 0.2) is 5.78 Å². The molecule has 0 saturated heterocycles. The first-order valence-electron chi connectivity index (χ1n) is 13.3. The zero-order valence-corrected chi connectivity index (χ0v) is 22.7. The first-order valence-corrected chi connectivity index (χ1v) is 13.3. The molecule has 0 aliphatic heterocycles. The number of esters is 1. The number of carboxylic acid groups (broad SMARTS) is 1. The van der Waals surface area contributed by atoms with Crippen molar-refractivity contribution in [2.45, 2.75) is 50.7 Å². The molecule has 3 aromatic carbocycles. The zero-order chi connectivity index (χ0) is 29.9. The fourth-order valence-electron chi connectivity index (χ4n) is 4.74. The van der Waals surface area contributed by atoms with Crippen LogP contribution in [0.15, 0.2) is 66.7 Å². The van der Waals surface area contributed by atoms with Crippen LogP contribution in [0.5, 0.6) is 0 Å². The molecule has 2 amide bonds. The van der Waals surface area contributed by atoms with Gasteiger partial charge in [-0.3, -0.25) is 24.0 Å². The number of ether oxygens (including phenoxy) is 1. The number of hydrogen-bond donors (Lipinski definition) is 4. The first-order chi connectivity index (χ1) is 19.6. The van der Waals surface area contributed by atoms with Gasteiger partial charge in [0.25, 0.3) is 5.91 Å². The van der Waals surface area contributed by atoms with Crippen molar-refractivity contribution in [1.82, 2.24) is 5.32 Å². The highest BCUT2D eigenvalue weighted by Crippen LogP contribution is 2.30. The van der Waals surface area contributed by atoms with Crippen molar-refractivity contribution in [2.75, 3.05) is 7.11 Å². The van der Waals surface area contributed by atoms with Gasteiger partial charge in [-0.05, 0) is 53.3 Å². The molecular weight excluding hydrogens is 528 g/mol. The second kappa shape index (κ2) is 14.7. The molecule has 0 aliphatic carbocycles. The van der Waals surface area contributed by atoms with Gasteiger partial charge >= 0.3 is 11.9 Å². The summed E-state index contributed by atoms with van der Waals surface area (Å²) in [6.07, 6.45) is -1.85. The van der Waals surface area contributed by atoms with Gasteiger partial charge in [-0.2, -0.15) is 0 Å². The van der Waals surface area contributed by atoms with Gasteiger partial charge in [-0.25, -0.2) is 0 Å². The standard InChI is InChI=1S/C31H34N2O8/c1-41-28(37)16-15-20-8-4-5-10-23(20)31(40)33-25(11-6-12-27(35)36)30(39)24(18-26(32)34)29(38)22-14-13-19-7-2-3-9-21(19)17-22/h2-5,7-10,13-14,17,24-25,29,38H,6,11-12,15-16,18H2,1H3,(H2,32,34)(H,33,40)(H,35,36)/t24-,25-,29?/m0/s1. The van der Waals surface area contributed by atoms with Crippen LogP contribution in [0.3, 0.4) is 0 Å². The molecule has 41 heavy (non-hydrogen) atoms. The van der Waals surface area contributed by atoms with Crippen LogP contribution in [0.4, 0.5) is 0 Å². The van der Waals surface area contributed by atoms with Crippen LogP contribution in [0, 0.1) is 5.92 Å². The first kappa shape index (κ1) is 31.0. The maximum Gasteiger partial charge on any atom is 0.305 e. The molecule has 1 unspecified atom stereocenters. The number of aliphatic carboxylic acids is 1. The van der Waals surface area contributed by atoms with E-state index in [0.29, 0.717) is 11.1 Å². The van der Waals surface area contributed by atoms with E-state index in [2.05, 4.69) is 10.1 Å². The summed E-state index contributed by atoms with van der Waals surface area (Å²) in [5, 5.41) is 24.8. The Balaban J connectivity index is 1.90. The number of carbonyl (C=O) groups excluding carboxylic acids is 4. The molecule has 0 aromatic heterocycles. The van der Waals surface area contributed by atoms with Crippen molar-refractivity contribution in [3.05, 3.63) is 83.4 Å². The molecule has 0 bridgehead atoms. The Morgan fingerprint density at radius 3 is 2.29 bits per heavy atom. The number of rotatable bonds is 15. The zero-order valence-electron chi connectivity index (χ0n) is 22.7. The minimum atomic E-state index is -1.41. The average molecular weight is 563 g/mol. The van der Waals surface area contributed by atoms with Gasteiger partial charge in [-0.15, -0.1) is 0 Å². The minimum absolute atomic E-state index is 0.0408. The van der Waals surface area contributed by atoms with Gasteiger partial charge in [0.05, 0.1) is 25.2 Å². The van der Waals surface area contributed by atoms with E-state index < -0.39 is 54.0 Å². The summed E-state index contributed by atoms with van der Waals surface area (Å²) in [5.41, 5.74) is 6.63. The molecule has 0 aliphatic rings. The van der Waals surface area contributed by atoms with Crippen LogP contribution >= 0.6 is 0 Å². The number of amides is 2. The second-order valence-electron chi connectivity index (χ2n) is 9.78. The van der Waals surface area contributed by atoms with Crippen molar-refractivity contribution in [1.29, 1.82) is 0 Å². The molecule has 216 valence electrons. The van der Waals surface area contributed by atoms with Crippen molar-refractivity contribution in [3.8, 4) is 0 Å². The molecular formula is C31H34N2O8. The number of ketones is 1. The number of hydrogen-bond acceptors (Lipinski definition) is 7. The Morgan fingerprint density at radius 2 is 1.61 bits per heavy atom. The van der Waals surface area contributed by atoms with Crippen LogP contribution in [-0.2, 0) is 30.3 Å². The highest BCUT2D eigenvalue weighted by molar-refractivity contribution is 6.00. The van der Waals surface area contributed by atoms with E-state index in [9.17, 15) is 29.1 Å². The monoisotopic (exact) mass is 562 g/mol. The fourth-order valence-corrected chi connectivity index (χ4v) is 4.74. The van der Waals surface area contributed by atoms with E-state index in [0.717, 1.165) is 10.8 Å². The lowest BCUT2D eigenvalue weighted by atomic mass is 9.84. The maximum atomic E-state index is 13.8. The summed E-state index contributed by atoms with van der Waals surface area (Å²) >= 11 is 0. The summed E-state index contributed by atoms with van der Waals surface area (Å²) < 4.78 is 4.68. The average Bonchev–Trinajstić information content (AvgIpc) is 2.96. The Bertz CT molecular complexity index is 1420. The lowest BCUT2D eigenvalue weighted by molar-refractivity contribution is -0.140. The number of carbonyl (C=O) groups is 5. The van der Waals surface area contributed by atoms with Crippen molar-refractivity contribution < 1.29 is 38.9 Å². The lowest BCUT2D eigenvalue weighted by Crippen LogP contribution is -2.46. The van der Waals surface area contributed by atoms with E-state index >= 15 is 0 Å². The quantitative estimate of drug-likeness (QED) is 0.205. The molecule has 0 fully saturated rings. The summed E-state index contributed by atoms with van der Waals surface area (Å²) in [5.74, 6) is -4.88. The number of aryl methyl sites for hydroxylation is 1. The molecule has 0 spiro atoms. The normalized spacial score (nSPS) is 13.1.